The molecule has 0 amide bonds. The summed E-state index contributed by atoms with van der Waals surface area (Å²) >= 11 is 1.52. The van der Waals surface area contributed by atoms with Gasteiger partial charge < -0.3 is 4.79 Å². The predicted octanol–water partition coefficient (Wildman–Crippen LogP) is 4.30. The minimum absolute atomic E-state index is 0.0307. The van der Waals surface area contributed by atoms with E-state index in [2.05, 4.69) is 0 Å². The Bertz CT molecular complexity index is 766. The maximum Gasteiger partial charge on any atom is 0.179 e. The Morgan fingerprint density at radius 1 is 1.04 bits per heavy atom. The summed E-state index contributed by atoms with van der Waals surface area (Å²) in [6.07, 6.45) is 0.952. The first-order valence-electron chi connectivity index (χ1n) is 7.87. The highest BCUT2D eigenvalue weighted by molar-refractivity contribution is 8.01. The summed E-state index contributed by atoms with van der Waals surface area (Å²) in [5.74, 6) is 0.115. The van der Waals surface area contributed by atoms with Gasteiger partial charge in [-0.1, -0.05) is 35.9 Å². The Balaban J connectivity index is 2.16. The Morgan fingerprint density at radius 2 is 1.67 bits per heavy atom. The van der Waals surface area contributed by atoms with Crippen LogP contribution in [0.5, 0.6) is 0 Å². The molecule has 3 nitrogen and oxygen atoms in total. The lowest BCUT2D eigenvalue weighted by atomic mass is 10.2. The number of aryl methyl sites for hydroxylation is 1. The lowest BCUT2D eigenvalue weighted by Crippen LogP contribution is -2.19. The van der Waals surface area contributed by atoms with Crippen LogP contribution in [0.2, 0.25) is 0 Å². The van der Waals surface area contributed by atoms with Crippen LogP contribution in [-0.4, -0.2) is 25.2 Å². The summed E-state index contributed by atoms with van der Waals surface area (Å²) in [5.41, 5.74) is 1.03. The van der Waals surface area contributed by atoms with E-state index in [0.717, 1.165) is 10.5 Å². The third-order valence-electron chi connectivity index (χ3n) is 3.65. The largest absolute Gasteiger partial charge is 0.300 e. The molecule has 0 fully saturated rings. The van der Waals surface area contributed by atoms with Crippen LogP contribution in [-0.2, 0) is 14.6 Å². The van der Waals surface area contributed by atoms with Gasteiger partial charge in [0, 0.05) is 16.6 Å². The van der Waals surface area contributed by atoms with Gasteiger partial charge >= 0.3 is 0 Å². The molecule has 0 spiro atoms. The van der Waals surface area contributed by atoms with Crippen LogP contribution in [0.15, 0.2) is 64.4 Å². The second-order valence-corrected chi connectivity index (χ2v) is 9.30. The molecule has 0 aliphatic carbocycles. The maximum atomic E-state index is 12.7. The standard InChI is InChI=1S/C19H22O3S2/c1-15-8-12-19(13-9-15)24(21,22)14-18(11-10-16(2)20)23-17-6-4-3-5-7-17/h3-9,12-13,18H,10-11,14H2,1-2H3. The topological polar surface area (TPSA) is 51.2 Å². The van der Waals surface area contributed by atoms with Crippen LogP contribution in [0, 0.1) is 6.92 Å². The highest BCUT2D eigenvalue weighted by Gasteiger charge is 2.22. The number of carbonyl (C=O) groups is 1. The highest BCUT2D eigenvalue weighted by Crippen LogP contribution is 2.29. The molecule has 2 rings (SSSR count). The Hall–Kier alpha value is -1.59. The third-order valence-corrected chi connectivity index (χ3v) is 6.97. The fraction of sp³-hybridized carbons (Fsp3) is 0.316. The Labute approximate surface area is 148 Å². The van der Waals surface area contributed by atoms with Gasteiger partial charge in [0.15, 0.2) is 9.84 Å². The molecule has 5 heteroatoms. The number of hydrogen-bond acceptors (Lipinski definition) is 4. The van der Waals surface area contributed by atoms with Crippen molar-refractivity contribution in [3.63, 3.8) is 0 Å². The van der Waals surface area contributed by atoms with Crippen molar-refractivity contribution in [2.24, 2.45) is 0 Å². The monoisotopic (exact) mass is 362 g/mol. The van der Waals surface area contributed by atoms with Gasteiger partial charge in [0.1, 0.15) is 5.78 Å². The van der Waals surface area contributed by atoms with Crippen LogP contribution < -0.4 is 0 Å². The highest BCUT2D eigenvalue weighted by atomic mass is 32.2. The second-order valence-electron chi connectivity index (χ2n) is 5.89. The lowest BCUT2D eigenvalue weighted by molar-refractivity contribution is -0.117. The summed E-state index contributed by atoms with van der Waals surface area (Å²) < 4.78 is 25.4. The molecule has 0 heterocycles. The number of hydrogen-bond donors (Lipinski definition) is 0. The molecule has 0 aromatic heterocycles. The van der Waals surface area contributed by atoms with E-state index < -0.39 is 9.84 Å². The van der Waals surface area contributed by atoms with Crippen molar-refractivity contribution in [1.82, 2.24) is 0 Å². The zero-order valence-corrected chi connectivity index (χ0v) is 15.6. The van der Waals surface area contributed by atoms with E-state index in [1.165, 1.54) is 11.8 Å². The fourth-order valence-electron chi connectivity index (χ4n) is 2.32. The average molecular weight is 363 g/mol. The quantitative estimate of drug-likeness (QED) is 0.657. The summed E-state index contributed by atoms with van der Waals surface area (Å²) in [7, 11) is -3.38. The predicted molar refractivity (Wildman–Crippen MR) is 99.2 cm³/mol. The van der Waals surface area contributed by atoms with Gasteiger partial charge in [-0.15, -0.1) is 11.8 Å². The number of carbonyl (C=O) groups excluding carboxylic acids is 1. The molecule has 0 saturated carbocycles. The van der Waals surface area contributed by atoms with Crippen LogP contribution in [0.4, 0.5) is 0 Å². The molecule has 0 N–H and O–H groups in total. The smallest absolute Gasteiger partial charge is 0.179 e. The van der Waals surface area contributed by atoms with E-state index in [-0.39, 0.29) is 16.8 Å². The summed E-state index contributed by atoms with van der Waals surface area (Å²) in [6, 6.07) is 16.6. The van der Waals surface area contributed by atoms with E-state index in [1.807, 2.05) is 49.4 Å². The SMILES string of the molecule is CC(=O)CCC(CS(=O)(=O)c1ccc(C)cc1)Sc1ccccc1. The second kappa shape index (κ2) is 8.49. The van der Waals surface area contributed by atoms with Crippen LogP contribution in [0.3, 0.4) is 0 Å². The molecule has 128 valence electrons. The molecule has 0 aliphatic heterocycles. The molecule has 0 radical (unpaired) electrons. The molecule has 0 bridgehead atoms. The maximum absolute atomic E-state index is 12.7. The van der Waals surface area contributed by atoms with Crippen molar-refractivity contribution >= 4 is 27.4 Å². The molecule has 2 aromatic rings. The molecular formula is C19H22O3S2. The summed E-state index contributed by atoms with van der Waals surface area (Å²) in [5, 5.41) is -0.150. The number of sulfone groups is 1. The van der Waals surface area contributed by atoms with Crippen molar-refractivity contribution in [1.29, 1.82) is 0 Å². The first kappa shape index (κ1) is 18.7. The molecule has 24 heavy (non-hydrogen) atoms. The zero-order chi connectivity index (χ0) is 17.6. The van der Waals surface area contributed by atoms with Gasteiger partial charge in [0.05, 0.1) is 10.6 Å². The fourth-order valence-corrected chi connectivity index (χ4v) is 5.46. The van der Waals surface area contributed by atoms with Gasteiger partial charge in [-0.3, -0.25) is 0 Å². The minimum Gasteiger partial charge on any atom is -0.300 e. The Morgan fingerprint density at radius 3 is 2.25 bits per heavy atom. The van der Waals surface area contributed by atoms with Crippen LogP contribution in [0.1, 0.15) is 25.3 Å². The molecule has 0 saturated heterocycles. The van der Waals surface area contributed by atoms with Crippen molar-refractivity contribution in [2.75, 3.05) is 5.75 Å². The Kier molecular flexibility index (Phi) is 6.63. The number of rotatable bonds is 8. The first-order chi connectivity index (χ1) is 11.4. The number of Topliss-reactive ketones (excluding diaryl/α,β-unsaturated/α-hetero) is 1. The summed E-state index contributed by atoms with van der Waals surface area (Å²) in [4.78, 5) is 12.7. The zero-order valence-electron chi connectivity index (χ0n) is 13.9. The van der Waals surface area contributed by atoms with Crippen molar-refractivity contribution < 1.29 is 13.2 Å². The summed E-state index contributed by atoms with van der Waals surface area (Å²) in [6.45, 7) is 3.47. The first-order valence-corrected chi connectivity index (χ1v) is 10.4. The van der Waals surface area contributed by atoms with Crippen molar-refractivity contribution in [3.05, 3.63) is 60.2 Å². The van der Waals surface area contributed by atoms with Gasteiger partial charge in [0.25, 0.3) is 0 Å². The number of benzene rings is 2. The van der Waals surface area contributed by atoms with E-state index in [1.54, 1.807) is 19.1 Å². The van der Waals surface area contributed by atoms with E-state index >= 15 is 0 Å². The van der Waals surface area contributed by atoms with Crippen molar-refractivity contribution in [3.8, 4) is 0 Å². The number of ketones is 1. The normalized spacial score (nSPS) is 12.8. The van der Waals surface area contributed by atoms with Crippen molar-refractivity contribution in [2.45, 2.75) is 41.7 Å². The van der Waals surface area contributed by atoms with Gasteiger partial charge in [-0.05, 0) is 44.5 Å². The minimum atomic E-state index is -3.38. The van der Waals surface area contributed by atoms with Gasteiger partial charge in [-0.2, -0.15) is 0 Å². The molecule has 0 aliphatic rings. The van der Waals surface area contributed by atoms with E-state index in [0.29, 0.717) is 17.7 Å². The van der Waals surface area contributed by atoms with Gasteiger partial charge in [0.2, 0.25) is 0 Å². The van der Waals surface area contributed by atoms with Crippen LogP contribution in [0.25, 0.3) is 0 Å². The molecule has 2 aromatic carbocycles. The molecule has 1 atom stereocenters. The van der Waals surface area contributed by atoms with Crippen LogP contribution >= 0.6 is 11.8 Å². The van der Waals surface area contributed by atoms with E-state index in [9.17, 15) is 13.2 Å². The van der Waals surface area contributed by atoms with E-state index in [4.69, 9.17) is 0 Å². The lowest BCUT2D eigenvalue weighted by Gasteiger charge is -2.16. The third kappa shape index (κ3) is 5.80. The average Bonchev–Trinajstić information content (AvgIpc) is 2.54. The number of thioether (sulfide) groups is 1. The van der Waals surface area contributed by atoms with Gasteiger partial charge in [-0.25, -0.2) is 8.42 Å². The molecular weight excluding hydrogens is 340 g/mol. The molecule has 1 unspecified atom stereocenters.